The maximum atomic E-state index is 12.1. The summed E-state index contributed by atoms with van der Waals surface area (Å²) in [6, 6.07) is 2.58. The van der Waals surface area contributed by atoms with Crippen LogP contribution < -0.4 is 5.32 Å². The van der Waals surface area contributed by atoms with Crippen molar-refractivity contribution < 1.29 is 19.1 Å². The van der Waals surface area contributed by atoms with E-state index in [1.807, 2.05) is 0 Å². The molecule has 0 spiro atoms. The molecule has 2 rings (SSSR count). The highest BCUT2D eigenvalue weighted by molar-refractivity contribution is 5.82. The van der Waals surface area contributed by atoms with Crippen molar-refractivity contribution in [3.63, 3.8) is 0 Å². The summed E-state index contributed by atoms with van der Waals surface area (Å²) in [6.45, 7) is 2.10. The van der Waals surface area contributed by atoms with Gasteiger partial charge in [0.2, 0.25) is 0 Å². The van der Waals surface area contributed by atoms with Gasteiger partial charge in [-0.3, -0.25) is 0 Å². The van der Waals surface area contributed by atoms with E-state index in [2.05, 4.69) is 5.32 Å². The molecule has 1 aromatic heterocycles. The largest absolute Gasteiger partial charge is 0.480 e. The molecule has 0 radical (unpaired) electrons. The lowest BCUT2D eigenvalue weighted by Crippen LogP contribution is -2.48. The Morgan fingerprint density at radius 2 is 2.32 bits per heavy atom. The van der Waals surface area contributed by atoms with Crippen LogP contribution in [0.1, 0.15) is 31.9 Å². The Hall–Kier alpha value is -1.98. The first-order valence-corrected chi connectivity index (χ1v) is 6.44. The molecule has 1 aliphatic carbocycles. The van der Waals surface area contributed by atoms with Crippen molar-refractivity contribution in [1.29, 1.82) is 0 Å². The van der Waals surface area contributed by atoms with Gasteiger partial charge in [0.15, 0.2) is 0 Å². The first kappa shape index (κ1) is 13.5. The third-order valence-electron chi connectivity index (χ3n) is 3.16. The summed E-state index contributed by atoms with van der Waals surface area (Å²) in [4.78, 5) is 24.7. The van der Waals surface area contributed by atoms with Crippen molar-refractivity contribution in [2.45, 2.75) is 44.8 Å². The van der Waals surface area contributed by atoms with Gasteiger partial charge in [0.05, 0.1) is 12.8 Å². The molecule has 19 heavy (non-hydrogen) atoms. The number of nitrogens with zero attached hydrogens (tertiary/aromatic N) is 1. The van der Waals surface area contributed by atoms with E-state index in [9.17, 15) is 9.59 Å². The maximum absolute atomic E-state index is 12.1. The molecule has 2 N–H and O–H groups in total. The van der Waals surface area contributed by atoms with Gasteiger partial charge < -0.3 is 19.7 Å². The zero-order valence-electron chi connectivity index (χ0n) is 10.8. The van der Waals surface area contributed by atoms with Gasteiger partial charge in [-0.25, -0.2) is 9.59 Å². The summed E-state index contributed by atoms with van der Waals surface area (Å²) >= 11 is 0. The van der Waals surface area contributed by atoms with E-state index in [0.717, 1.165) is 12.8 Å². The normalized spacial score (nSPS) is 15.8. The van der Waals surface area contributed by atoms with E-state index in [1.54, 1.807) is 30.2 Å². The van der Waals surface area contributed by atoms with Crippen molar-refractivity contribution in [1.82, 2.24) is 10.2 Å². The lowest BCUT2D eigenvalue weighted by atomic mass is 10.2. The second kappa shape index (κ2) is 5.77. The number of carboxylic acid groups (broad SMARTS) is 1. The SMILES string of the molecule is CC[C@@H](NC(=O)N(Cc1ccco1)C1CC1)C(=O)O. The van der Waals surface area contributed by atoms with E-state index < -0.39 is 12.0 Å². The van der Waals surface area contributed by atoms with Gasteiger partial charge in [-0.1, -0.05) is 6.92 Å². The second-order valence-electron chi connectivity index (χ2n) is 4.69. The zero-order chi connectivity index (χ0) is 13.8. The minimum atomic E-state index is -1.01. The fraction of sp³-hybridized carbons (Fsp3) is 0.538. The number of aliphatic carboxylic acids is 1. The number of furan rings is 1. The lowest BCUT2D eigenvalue weighted by Gasteiger charge is -2.23. The van der Waals surface area contributed by atoms with Crippen LogP contribution in [0.4, 0.5) is 4.79 Å². The highest BCUT2D eigenvalue weighted by atomic mass is 16.4. The third kappa shape index (κ3) is 3.49. The predicted octanol–water partition coefficient (Wildman–Crippen LogP) is 1.82. The summed E-state index contributed by atoms with van der Waals surface area (Å²) in [5.74, 6) is -0.310. The third-order valence-corrected chi connectivity index (χ3v) is 3.16. The number of carbonyl (C=O) groups excluding carboxylic acids is 1. The molecule has 0 aromatic carbocycles. The maximum Gasteiger partial charge on any atom is 0.326 e. The summed E-state index contributed by atoms with van der Waals surface area (Å²) in [6.07, 6.45) is 3.83. The highest BCUT2D eigenvalue weighted by Gasteiger charge is 2.34. The van der Waals surface area contributed by atoms with Crippen LogP contribution in [0, 0.1) is 0 Å². The van der Waals surface area contributed by atoms with Gasteiger partial charge in [-0.2, -0.15) is 0 Å². The van der Waals surface area contributed by atoms with Crippen LogP contribution in [0.25, 0.3) is 0 Å². The van der Waals surface area contributed by atoms with E-state index in [4.69, 9.17) is 9.52 Å². The van der Waals surface area contributed by atoms with Crippen LogP contribution in [0.5, 0.6) is 0 Å². The van der Waals surface area contributed by atoms with Crippen molar-refractivity contribution in [3.05, 3.63) is 24.2 Å². The molecule has 1 fully saturated rings. The van der Waals surface area contributed by atoms with Crippen LogP contribution in [0.15, 0.2) is 22.8 Å². The van der Waals surface area contributed by atoms with Crippen LogP contribution in [-0.4, -0.2) is 34.1 Å². The van der Waals surface area contributed by atoms with Crippen LogP contribution in [-0.2, 0) is 11.3 Å². The van der Waals surface area contributed by atoms with E-state index in [-0.39, 0.29) is 12.1 Å². The monoisotopic (exact) mass is 266 g/mol. The zero-order valence-corrected chi connectivity index (χ0v) is 10.8. The van der Waals surface area contributed by atoms with Gasteiger partial charge in [0, 0.05) is 6.04 Å². The summed E-state index contributed by atoms with van der Waals surface area (Å²) in [7, 11) is 0. The van der Waals surface area contributed by atoms with Crippen molar-refractivity contribution in [2.75, 3.05) is 0 Å². The van der Waals surface area contributed by atoms with Gasteiger partial charge >= 0.3 is 12.0 Å². The number of urea groups is 1. The number of amides is 2. The molecule has 0 bridgehead atoms. The summed E-state index contributed by atoms with van der Waals surface area (Å²) in [5, 5.41) is 11.5. The van der Waals surface area contributed by atoms with Gasteiger partial charge in [-0.05, 0) is 31.4 Å². The fourth-order valence-electron chi connectivity index (χ4n) is 1.89. The quantitative estimate of drug-likeness (QED) is 0.822. The molecule has 104 valence electrons. The molecule has 6 nitrogen and oxygen atoms in total. The lowest BCUT2D eigenvalue weighted by molar-refractivity contribution is -0.139. The molecule has 2 amide bonds. The van der Waals surface area contributed by atoms with Crippen LogP contribution in [0.2, 0.25) is 0 Å². The highest BCUT2D eigenvalue weighted by Crippen LogP contribution is 2.28. The van der Waals surface area contributed by atoms with Crippen LogP contribution >= 0.6 is 0 Å². The molecule has 1 heterocycles. The second-order valence-corrected chi connectivity index (χ2v) is 4.69. The molecule has 0 unspecified atom stereocenters. The number of nitrogens with one attached hydrogen (secondary N) is 1. The van der Waals surface area contributed by atoms with Crippen LogP contribution in [0.3, 0.4) is 0 Å². The first-order chi connectivity index (χ1) is 9.11. The van der Waals surface area contributed by atoms with Gasteiger partial charge in [0.1, 0.15) is 11.8 Å². The molecule has 1 saturated carbocycles. The molecule has 0 saturated heterocycles. The Balaban J connectivity index is 1.98. The van der Waals surface area contributed by atoms with E-state index in [0.29, 0.717) is 18.7 Å². The number of carbonyl (C=O) groups is 2. The number of rotatable bonds is 6. The Labute approximate surface area is 111 Å². The Morgan fingerprint density at radius 1 is 1.58 bits per heavy atom. The van der Waals surface area contributed by atoms with Crippen molar-refractivity contribution in [2.24, 2.45) is 0 Å². The average molecular weight is 266 g/mol. The average Bonchev–Trinajstić information content (AvgIpc) is 3.09. The Kier molecular flexibility index (Phi) is 4.09. The number of carboxylic acids is 1. The first-order valence-electron chi connectivity index (χ1n) is 6.44. The fourth-order valence-corrected chi connectivity index (χ4v) is 1.89. The molecule has 1 aliphatic rings. The summed E-state index contributed by atoms with van der Waals surface area (Å²) in [5.41, 5.74) is 0. The molecule has 1 atom stereocenters. The van der Waals surface area contributed by atoms with Crippen molar-refractivity contribution in [3.8, 4) is 0 Å². The summed E-state index contributed by atoms with van der Waals surface area (Å²) < 4.78 is 5.23. The number of hydrogen-bond donors (Lipinski definition) is 2. The molecular weight excluding hydrogens is 248 g/mol. The minimum absolute atomic E-state index is 0.191. The predicted molar refractivity (Wildman–Crippen MR) is 67.5 cm³/mol. The van der Waals surface area contributed by atoms with Crippen molar-refractivity contribution >= 4 is 12.0 Å². The number of hydrogen-bond acceptors (Lipinski definition) is 3. The van der Waals surface area contributed by atoms with Gasteiger partial charge in [0.25, 0.3) is 0 Å². The minimum Gasteiger partial charge on any atom is -0.480 e. The van der Waals surface area contributed by atoms with Gasteiger partial charge in [-0.15, -0.1) is 0 Å². The smallest absolute Gasteiger partial charge is 0.326 e. The molecule has 0 aliphatic heterocycles. The van der Waals surface area contributed by atoms with E-state index in [1.165, 1.54) is 0 Å². The van der Waals surface area contributed by atoms with E-state index >= 15 is 0 Å². The Morgan fingerprint density at radius 3 is 2.79 bits per heavy atom. The standard InChI is InChI=1S/C13H18N2O4/c1-2-11(12(16)17)14-13(18)15(9-5-6-9)8-10-4-3-7-19-10/h3-4,7,9,11H,2,5-6,8H2,1H3,(H,14,18)(H,16,17)/t11-/m1/s1. The molecule has 6 heteroatoms. The Bertz CT molecular complexity index is 440. The molecular formula is C13H18N2O4. The topological polar surface area (TPSA) is 82.8 Å². The molecule has 1 aromatic rings.